The summed E-state index contributed by atoms with van der Waals surface area (Å²) in [4.78, 5) is 4.31. The number of halogens is 1. The van der Waals surface area contributed by atoms with Crippen molar-refractivity contribution < 1.29 is 4.39 Å². The first-order valence-electron chi connectivity index (χ1n) is 6.89. The van der Waals surface area contributed by atoms with Crippen LogP contribution in [0.1, 0.15) is 35.6 Å². The molecule has 0 saturated carbocycles. The average Bonchev–Trinajstić information content (AvgIpc) is 3.17. The molecule has 1 aliphatic rings. The second kappa shape index (κ2) is 4.51. The molecule has 21 heavy (non-hydrogen) atoms. The van der Waals surface area contributed by atoms with Gasteiger partial charge in [0.15, 0.2) is 12.0 Å². The van der Waals surface area contributed by atoms with Gasteiger partial charge in [-0.05, 0) is 18.1 Å². The predicted octanol–water partition coefficient (Wildman–Crippen LogP) is 2.78. The Bertz CT molecular complexity index is 776. The highest BCUT2D eigenvalue weighted by molar-refractivity contribution is 5.25. The number of hydrogen-bond acceptors (Lipinski definition) is 3. The van der Waals surface area contributed by atoms with E-state index in [-0.39, 0.29) is 6.04 Å². The van der Waals surface area contributed by atoms with Crippen LogP contribution in [0.5, 0.6) is 0 Å². The fourth-order valence-corrected chi connectivity index (χ4v) is 2.74. The summed E-state index contributed by atoms with van der Waals surface area (Å²) in [5.74, 6) is 0.799. The van der Waals surface area contributed by atoms with Crippen LogP contribution >= 0.6 is 0 Å². The van der Waals surface area contributed by atoms with Crippen LogP contribution in [0.3, 0.4) is 0 Å². The first-order valence-corrected chi connectivity index (χ1v) is 6.89. The van der Waals surface area contributed by atoms with E-state index in [0.717, 1.165) is 11.1 Å². The summed E-state index contributed by atoms with van der Waals surface area (Å²) >= 11 is 0. The topological polar surface area (TPSA) is 48.5 Å². The molecular formula is C15H14FN5. The molecule has 2 aromatic heterocycles. The lowest BCUT2D eigenvalue weighted by atomic mass is 10.0. The number of alkyl halides is 1. The van der Waals surface area contributed by atoms with E-state index < -0.39 is 6.17 Å². The lowest BCUT2D eigenvalue weighted by Gasteiger charge is -2.11. The van der Waals surface area contributed by atoms with Gasteiger partial charge in [0.1, 0.15) is 0 Å². The molecule has 2 unspecified atom stereocenters. The average molecular weight is 283 g/mol. The van der Waals surface area contributed by atoms with Crippen LogP contribution in [0.15, 0.2) is 42.7 Å². The maximum absolute atomic E-state index is 14.2. The quantitative estimate of drug-likeness (QED) is 0.726. The van der Waals surface area contributed by atoms with Gasteiger partial charge >= 0.3 is 0 Å². The van der Waals surface area contributed by atoms with Crippen LogP contribution in [0.25, 0.3) is 5.95 Å². The van der Waals surface area contributed by atoms with E-state index in [0.29, 0.717) is 18.2 Å². The van der Waals surface area contributed by atoms with Crippen LogP contribution < -0.4 is 0 Å². The van der Waals surface area contributed by atoms with Crippen molar-refractivity contribution in [3.63, 3.8) is 0 Å². The Morgan fingerprint density at radius 2 is 2.05 bits per heavy atom. The Morgan fingerprint density at radius 1 is 1.24 bits per heavy atom. The minimum absolute atomic E-state index is 0.103. The summed E-state index contributed by atoms with van der Waals surface area (Å²) in [5, 5.41) is 8.63. The number of rotatable bonds is 2. The van der Waals surface area contributed by atoms with Gasteiger partial charge in [0.25, 0.3) is 5.95 Å². The summed E-state index contributed by atoms with van der Waals surface area (Å²) in [6.45, 7) is 1.94. The van der Waals surface area contributed by atoms with Gasteiger partial charge in [0.2, 0.25) is 0 Å². The molecule has 3 aromatic rings. The van der Waals surface area contributed by atoms with Crippen molar-refractivity contribution >= 4 is 0 Å². The Labute approximate surface area is 121 Å². The highest BCUT2D eigenvalue weighted by Crippen LogP contribution is 2.39. The highest BCUT2D eigenvalue weighted by Gasteiger charge is 2.35. The molecule has 6 heteroatoms. The molecule has 5 nitrogen and oxygen atoms in total. The molecule has 3 heterocycles. The maximum atomic E-state index is 14.2. The smallest absolute Gasteiger partial charge is 0.239 e. The summed E-state index contributed by atoms with van der Waals surface area (Å²) in [7, 11) is 0. The van der Waals surface area contributed by atoms with Crippen molar-refractivity contribution in [3.05, 3.63) is 59.7 Å². The molecule has 2 atom stereocenters. The number of benzene rings is 1. The van der Waals surface area contributed by atoms with Gasteiger partial charge in [-0.25, -0.2) is 13.8 Å². The standard InChI is InChI=1S/C15H14FN5/c1-10-8-17-20(9-10)15-18-14-12(16)7-13(21(14)19-15)11-5-3-2-4-6-11/h2-6,8-9,12-13H,7H2,1H3. The van der Waals surface area contributed by atoms with Gasteiger partial charge in [-0.3, -0.25) is 0 Å². The van der Waals surface area contributed by atoms with Gasteiger partial charge in [-0.1, -0.05) is 30.3 Å². The third kappa shape index (κ3) is 1.94. The van der Waals surface area contributed by atoms with E-state index in [2.05, 4.69) is 15.2 Å². The normalized spacial score (nSPS) is 20.7. The molecule has 0 radical (unpaired) electrons. The van der Waals surface area contributed by atoms with E-state index >= 15 is 0 Å². The molecule has 0 N–H and O–H groups in total. The third-order valence-electron chi connectivity index (χ3n) is 3.75. The second-order valence-corrected chi connectivity index (χ2v) is 5.31. The van der Waals surface area contributed by atoms with E-state index in [1.807, 2.05) is 43.5 Å². The number of nitrogens with zero attached hydrogens (tertiary/aromatic N) is 5. The summed E-state index contributed by atoms with van der Waals surface area (Å²) in [6, 6.07) is 9.74. The van der Waals surface area contributed by atoms with E-state index in [1.165, 1.54) is 0 Å². The molecular weight excluding hydrogens is 269 g/mol. The summed E-state index contributed by atoms with van der Waals surface area (Å²) < 4.78 is 17.5. The van der Waals surface area contributed by atoms with E-state index in [4.69, 9.17) is 0 Å². The first-order chi connectivity index (χ1) is 10.2. The molecule has 0 bridgehead atoms. The predicted molar refractivity (Wildman–Crippen MR) is 74.9 cm³/mol. The molecule has 1 aliphatic heterocycles. The third-order valence-corrected chi connectivity index (χ3v) is 3.75. The fraction of sp³-hybridized carbons (Fsp3) is 0.267. The zero-order valence-corrected chi connectivity index (χ0v) is 11.5. The fourth-order valence-electron chi connectivity index (χ4n) is 2.74. The summed E-state index contributed by atoms with van der Waals surface area (Å²) in [5.41, 5.74) is 2.06. The van der Waals surface area contributed by atoms with Crippen molar-refractivity contribution in [2.24, 2.45) is 0 Å². The SMILES string of the molecule is Cc1cnn(-c2nc3n(n2)C(c2ccccc2)CC3F)c1. The van der Waals surface area contributed by atoms with Gasteiger partial charge in [-0.2, -0.15) is 10.1 Å². The van der Waals surface area contributed by atoms with Crippen molar-refractivity contribution in [1.29, 1.82) is 0 Å². The molecule has 0 amide bonds. The molecule has 106 valence electrons. The van der Waals surface area contributed by atoms with Crippen LogP contribution in [-0.2, 0) is 0 Å². The lowest BCUT2D eigenvalue weighted by Crippen LogP contribution is -2.08. The minimum atomic E-state index is -1.09. The van der Waals surface area contributed by atoms with E-state index in [1.54, 1.807) is 15.6 Å². The number of hydrogen-bond donors (Lipinski definition) is 0. The van der Waals surface area contributed by atoms with Crippen LogP contribution in [0.2, 0.25) is 0 Å². The summed E-state index contributed by atoms with van der Waals surface area (Å²) in [6.07, 6.45) is 2.86. The molecule has 4 rings (SSSR count). The molecule has 1 aromatic carbocycles. The van der Waals surface area contributed by atoms with Crippen LogP contribution in [0, 0.1) is 6.92 Å². The Hall–Kier alpha value is -2.50. The monoisotopic (exact) mass is 283 g/mol. The van der Waals surface area contributed by atoms with Crippen molar-refractivity contribution in [3.8, 4) is 5.95 Å². The van der Waals surface area contributed by atoms with Gasteiger partial charge in [-0.15, -0.1) is 5.10 Å². The zero-order chi connectivity index (χ0) is 14.4. The van der Waals surface area contributed by atoms with Crippen molar-refractivity contribution in [2.75, 3.05) is 0 Å². The number of fused-ring (bicyclic) bond motifs is 1. The van der Waals surface area contributed by atoms with Crippen molar-refractivity contribution in [1.82, 2.24) is 24.5 Å². The lowest BCUT2D eigenvalue weighted by molar-refractivity contribution is 0.328. The number of aromatic nitrogens is 5. The van der Waals surface area contributed by atoms with Crippen LogP contribution in [0.4, 0.5) is 4.39 Å². The Kier molecular flexibility index (Phi) is 2.63. The Balaban J connectivity index is 1.77. The largest absolute Gasteiger partial charge is 0.269 e. The number of aryl methyl sites for hydroxylation is 1. The molecule has 0 fully saturated rings. The van der Waals surface area contributed by atoms with Crippen molar-refractivity contribution in [2.45, 2.75) is 25.6 Å². The minimum Gasteiger partial charge on any atom is -0.239 e. The highest BCUT2D eigenvalue weighted by atomic mass is 19.1. The van der Waals surface area contributed by atoms with Gasteiger partial charge < -0.3 is 0 Å². The molecule has 0 saturated heterocycles. The zero-order valence-electron chi connectivity index (χ0n) is 11.5. The maximum Gasteiger partial charge on any atom is 0.269 e. The molecule has 0 spiro atoms. The van der Waals surface area contributed by atoms with Gasteiger partial charge in [0.05, 0.1) is 12.2 Å². The molecule has 0 aliphatic carbocycles. The Morgan fingerprint density at radius 3 is 2.76 bits per heavy atom. The first kappa shape index (κ1) is 12.3. The second-order valence-electron chi connectivity index (χ2n) is 5.31. The van der Waals surface area contributed by atoms with Gasteiger partial charge in [0, 0.05) is 12.6 Å². The van der Waals surface area contributed by atoms with E-state index in [9.17, 15) is 4.39 Å². The van der Waals surface area contributed by atoms with Crippen LogP contribution in [-0.4, -0.2) is 24.5 Å².